The number of aryl methyl sites for hydroxylation is 1. The lowest BCUT2D eigenvalue weighted by molar-refractivity contribution is 0.424. The number of halogens is 1. The van der Waals surface area contributed by atoms with E-state index in [4.69, 9.17) is 10.0 Å². The zero-order chi connectivity index (χ0) is 9.14. The Morgan fingerprint density at radius 1 is 1.58 bits per heavy atom. The molecule has 1 aromatic rings. The standard InChI is InChI=1S/C5H7BBrN3O2/c1-10-4(2-3-6(11)12)5(7)8-9-10/h2-3,11-12H,1H3/b3-2+. The van der Waals surface area contributed by atoms with Gasteiger partial charge in [-0.2, -0.15) is 0 Å². The molecule has 1 heterocycles. The van der Waals surface area contributed by atoms with Gasteiger partial charge in [0.15, 0.2) is 4.60 Å². The SMILES string of the molecule is Cn1nnc(Br)c1/C=C/B(O)O. The van der Waals surface area contributed by atoms with Crippen LogP contribution < -0.4 is 0 Å². The van der Waals surface area contributed by atoms with Crippen molar-refractivity contribution in [2.45, 2.75) is 0 Å². The van der Waals surface area contributed by atoms with Gasteiger partial charge >= 0.3 is 7.12 Å². The molecule has 2 N–H and O–H groups in total. The fraction of sp³-hybridized carbons (Fsp3) is 0.200. The molecule has 1 rings (SSSR count). The fourth-order valence-corrected chi connectivity index (χ4v) is 1.15. The largest absolute Gasteiger partial charge is 0.480 e. The van der Waals surface area contributed by atoms with Gasteiger partial charge in [0, 0.05) is 7.05 Å². The molecule has 0 aliphatic rings. The Bertz CT molecular complexity index is 279. The van der Waals surface area contributed by atoms with E-state index in [0.717, 1.165) is 0 Å². The number of rotatable bonds is 2. The van der Waals surface area contributed by atoms with Crippen molar-refractivity contribution in [1.29, 1.82) is 0 Å². The highest BCUT2D eigenvalue weighted by Crippen LogP contribution is 2.12. The molecule has 0 spiro atoms. The maximum absolute atomic E-state index is 8.54. The molecule has 0 bridgehead atoms. The highest BCUT2D eigenvalue weighted by atomic mass is 79.9. The van der Waals surface area contributed by atoms with Crippen LogP contribution in [-0.4, -0.2) is 32.2 Å². The van der Waals surface area contributed by atoms with E-state index in [-0.39, 0.29) is 0 Å². The van der Waals surface area contributed by atoms with Crippen LogP contribution in [0.15, 0.2) is 10.6 Å². The lowest BCUT2D eigenvalue weighted by Crippen LogP contribution is -2.05. The van der Waals surface area contributed by atoms with Crippen LogP contribution in [0, 0.1) is 0 Å². The highest BCUT2D eigenvalue weighted by molar-refractivity contribution is 9.10. The molecule has 0 aliphatic heterocycles. The molecule has 7 heteroatoms. The molecule has 0 saturated carbocycles. The van der Waals surface area contributed by atoms with Gasteiger partial charge in [0.1, 0.15) is 0 Å². The van der Waals surface area contributed by atoms with Crippen LogP contribution in [0.25, 0.3) is 6.08 Å². The first-order chi connectivity index (χ1) is 5.61. The monoisotopic (exact) mass is 231 g/mol. The van der Waals surface area contributed by atoms with Gasteiger partial charge in [0.25, 0.3) is 0 Å². The van der Waals surface area contributed by atoms with Crippen molar-refractivity contribution in [3.63, 3.8) is 0 Å². The van der Waals surface area contributed by atoms with E-state index in [2.05, 4.69) is 26.2 Å². The Hall–Kier alpha value is -0.655. The second-order valence-electron chi connectivity index (χ2n) is 2.16. The first-order valence-corrected chi connectivity index (χ1v) is 4.00. The molecule has 0 amide bonds. The van der Waals surface area contributed by atoms with Crippen LogP contribution in [0.1, 0.15) is 5.69 Å². The molecule has 0 atom stereocenters. The van der Waals surface area contributed by atoms with Crippen molar-refractivity contribution in [3.05, 3.63) is 16.3 Å². The lowest BCUT2D eigenvalue weighted by atomic mass is 9.91. The Labute approximate surface area is 78.0 Å². The summed E-state index contributed by atoms with van der Waals surface area (Å²) in [6.45, 7) is 0. The van der Waals surface area contributed by atoms with Gasteiger partial charge < -0.3 is 10.0 Å². The zero-order valence-electron chi connectivity index (χ0n) is 6.35. The van der Waals surface area contributed by atoms with Crippen molar-refractivity contribution >= 4 is 29.1 Å². The summed E-state index contributed by atoms with van der Waals surface area (Å²) in [7, 11) is 0.257. The Morgan fingerprint density at radius 2 is 2.25 bits per heavy atom. The maximum Gasteiger partial charge on any atom is 0.480 e. The second kappa shape index (κ2) is 3.84. The van der Waals surface area contributed by atoms with Crippen molar-refractivity contribution in [3.8, 4) is 0 Å². The van der Waals surface area contributed by atoms with E-state index >= 15 is 0 Å². The number of hydrogen-bond donors (Lipinski definition) is 2. The van der Waals surface area contributed by atoms with E-state index < -0.39 is 7.12 Å². The summed E-state index contributed by atoms with van der Waals surface area (Å²) < 4.78 is 2.09. The van der Waals surface area contributed by atoms with Crippen LogP contribution in [0.5, 0.6) is 0 Å². The highest BCUT2D eigenvalue weighted by Gasteiger charge is 2.05. The van der Waals surface area contributed by atoms with Gasteiger partial charge in [-0.05, 0) is 22.0 Å². The van der Waals surface area contributed by atoms with E-state index in [0.29, 0.717) is 10.3 Å². The van der Waals surface area contributed by atoms with Gasteiger partial charge in [-0.3, -0.25) is 0 Å². The third-order valence-electron chi connectivity index (χ3n) is 1.25. The van der Waals surface area contributed by atoms with Crippen molar-refractivity contribution in [2.24, 2.45) is 7.05 Å². The normalized spacial score (nSPS) is 11.0. The molecule has 1 aromatic heterocycles. The summed E-state index contributed by atoms with van der Waals surface area (Å²) in [6, 6.07) is 0. The topological polar surface area (TPSA) is 71.2 Å². The third-order valence-corrected chi connectivity index (χ3v) is 1.82. The van der Waals surface area contributed by atoms with Crippen molar-refractivity contribution in [2.75, 3.05) is 0 Å². The summed E-state index contributed by atoms with van der Waals surface area (Å²) in [6.07, 6.45) is 1.52. The van der Waals surface area contributed by atoms with Gasteiger partial charge in [0.05, 0.1) is 5.69 Å². The predicted molar refractivity (Wildman–Crippen MR) is 47.9 cm³/mol. The minimum absolute atomic E-state index is 0.571. The summed E-state index contributed by atoms with van der Waals surface area (Å²) in [4.78, 5) is 0. The summed E-state index contributed by atoms with van der Waals surface area (Å²) in [5.41, 5.74) is 0.683. The summed E-state index contributed by atoms with van der Waals surface area (Å²) in [5, 5.41) is 24.5. The van der Waals surface area contributed by atoms with Gasteiger partial charge in [-0.15, -0.1) is 5.10 Å². The Morgan fingerprint density at radius 3 is 2.67 bits per heavy atom. The average molecular weight is 232 g/mol. The smallest absolute Gasteiger partial charge is 0.424 e. The quantitative estimate of drug-likeness (QED) is 0.680. The summed E-state index contributed by atoms with van der Waals surface area (Å²) in [5.74, 6) is 1.23. The molecule has 0 unspecified atom stereocenters. The van der Waals surface area contributed by atoms with Gasteiger partial charge in [-0.25, -0.2) is 4.68 Å². The van der Waals surface area contributed by atoms with E-state index in [9.17, 15) is 0 Å². The van der Waals surface area contributed by atoms with Crippen molar-refractivity contribution < 1.29 is 10.0 Å². The number of nitrogens with zero attached hydrogens (tertiary/aromatic N) is 3. The van der Waals surface area contributed by atoms with E-state index in [1.165, 1.54) is 16.7 Å². The van der Waals surface area contributed by atoms with Gasteiger partial charge in [0.2, 0.25) is 0 Å². The molecular weight excluding hydrogens is 225 g/mol. The van der Waals surface area contributed by atoms with E-state index in [1.807, 2.05) is 0 Å². The van der Waals surface area contributed by atoms with E-state index in [1.54, 1.807) is 7.05 Å². The van der Waals surface area contributed by atoms with Crippen LogP contribution in [0.2, 0.25) is 0 Å². The molecule has 12 heavy (non-hydrogen) atoms. The molecule has 0 saturated heterocycles. The fourth-order valence-electron chi connectivity index (χ4n) is 0.693. The first-order valence-electron chi connectivity index (χ1n) is 3.21. The van der Waals surface area contributed by atoms with Crippen LogP contribution in [0.4, 0.5) is 0 Å². The Balaban J connectivity index is 2.87. The molecule has 0 aliphatic carbocycles. The maximum atomic E-state index is 8.54. The lowest BCUT2D eigenvalue weighted by Gasteiger charge is -1.92. The molecule has 0 fully saturated rings. The number of aromatic nitrogens is 3. The van der Waals surface area contributed by atoms with Gasteiger partial charge in [-0.1, -0.05) is 11.2 Å². The Kier molecular flexibility index (Phi) is 3.02. The molecule has 64 valence electrons. The van der Waals surface area contributed by atoms with Crippen LogP contribution in [-0.2, 0) is 7.05 Å². The predicted octanol–water partition coefficient (Wildman–Crippen LogP) is -0.397. The summed E-state index contributed by atoms with van der Waals surface area (Å²) >= 11 is 3.16. The number of hydrogen-bond acceptors (Lipinski definition) is 4. The molecular formula is C5H7BBrN3O2. The molecule has 0 aromatic carbocycles. The van der Waals surface area contributed by atoms with Crippen molar-refractivity contribution in [1.82, 2.24) is 15.0 Å². The molecule has 5 nitrogen and oxygen atoms in total. The third kappa shape index (κ3) is 2.16. The molecule has 0 radical (unpaired) electrons. The minimum atomic E-state index is -1.45. The first kappa shape index (κ1) is 9.43. The minimum Gasteiger partial charge on any atom is -0.424 e. The zero-order valence-corrected chi connectivity index (χ0v) is 7.93. The second-order valence-corrected chi connectivity index (χ2v) is 2.91. The average Bonchev–Trinajstić information content (AvgIpc) is 2.28. The van der Waals surface area contributed by atoms with Crippen LogP contribution in [0.3, 0.4) is 0 Å². The van der Waals surface area contributed by atoms with Crippen LogP contribution >= 0.6 is 15.9 Å².